The first-order valence-electron chi connectivity index (χ1n) is 13.5. The van der Waals surface area contributed by atoms with E-state index in [1.165, 1.54) is 25.8 Å². The molecule has 220 valence electrons. The predicted octanol–water partition coefficient (Wildman–Crippen LogP) is 0.829. The number of aryl methyl sites for hydroxylation is 2. The maximum Gasteiger partial charge on any atom is 0.280 e. The molecule has 0 bridgehead atoms. The van der Waals surface area contributed by atoms with E-state index in [1.807, 2.05) is 14.0 Å². The third kappa shape index (κ3) is 5.25. The first-order chi connectivity index (χ1) is 19.7. The number of nitrogens with zero attached hydrogens (tertiary/aromatic N) is 9. The molecule has 0 unspecified atom stereocenters. The first kappa shape index (κ1) is 28.9. The predicted molar refractivity (Wildman–Crippen MR) is 152 cm³/mol. The molecule has 1 aliphatic heterocycles. The highest BCUT2D eigenvalue weighted by molar-refractivity contribution is 7.89. The maximum atomic E-state index is 13.9. The monoisotopic (exact) mass is 585 g/mol. The quantitative estimate of drug-likeness (QED) is 0.246. The van der Waals surface area contributed by atoms with Crippen LogP contribution >= 0.6 is 0 Å². The molecule has 0 aromatic carbocycles. The van der Waals surface area contributed by atoms with Crippen molar-refractivity contribution < 1.29 is 17.9 Å². The Morgan fingerprint density at radius 3 is 2.44 bits per heavy atom. The summed E-state index contributed by atoms with van der Waals surface area (Å²) in [6.45, 7) is 7.39. The molecular weight excluding hydrogens is 550 g/mol. The van der Waals surface area contributed by atoms with E-state index in [-0.39, 0.29) is 39.8 Å². The summed E-state index contributed by atoms with van der Waals surface area (Å²) in [6.07, 6.45) is 5.20. The molecule has 0 radical (unpaired) electrons. The van der Waals surface area contributed by atoms with Gasteiger partial charge in [-0.1, -0.05) is 13.8 Å². The smallest absolute Gasteiger partial charge is 0.280 e. The van der Waals surface area contributed by atoms with E-state index in [1.54, 1.807) is 31.1 Å². The number of aromatic nitrogens is 7. The summed E-state index contributed by atoms with van der Waals surface area (Å²) in [5, 5.41) is 4.65. The van der Waals surface area contributed by atoms with Crippen LogP contribution in [0.15, 0.2) is 34.3 Å². The molecule has 0 amide bonds. The summed E-state index contributed by atoms with van der Waals surface area (Å²) in [4.78, 5) is 29.7. The van der Waals surface area contributed by atoms with Gasteiger partial charge in [0.15, 0.2) is 5.52 Å². The summed E-state index contributed by atoms with van der Waals surface area (Å²) in [6, 6.07) is 1.49. The van der Waals surface area contributed by atoms with E-state index >= 15 is 0 Å². The van der Waals surface area contributed by atoms with Crippen molar-refractivity contribution >= 4 is 21.1 Å². The topological polar surface area (TPSA) is 142 Å². The highest BCUT2D eigenvalue weighted by Crippen LogP contribution is 2.31. The van der Waals surface area contributed by atoms with Gasteiger partial charge < -0.3 is 18.9 Å². The van der Waals surface area contributed by atoms with Crippen molar-refractivity contribution in [3.63, 3.8) is 0 Å². The summed E-state index contributed by atoms with van der Waals surface area (Å²) in [7, 11) is 1.09. The molecule has 5 rings (SSSR count). The molecule has 4 aromatic heterocycles. The lowest BCUT2D eigenvalue weighted by molar-refractivity contribution is 0.144. The molecule has 1 fully saturated rings. The molecule has 41 heavy (non-hydrogen) atoms. The lowest BCUT2D eigenvalue weighted by Gasteiger charge is -2.33. The van der Waals surface area contributed by atoms with Crippen molar-refractivity contribution in [2.24, 2.45) is 14.1 Å². The Bertz CT molecular complexity index is 1720. The van der Waals surface area contributed by atoms with Crippen LogP contribution in [0, 0.1) is 0 Å². The normalized spacial score (nSPS) is 15.1. The second-order valence-electron chi connectivity index (χ2n) is 9.75. The number of pyridine rings is 1. The van der Waals surface area contributed by atoms with Crippen LogP contribution in [0.3, 0.4) is 0 Å². The average Bonchev–Trinajstić information content (AvgIpc) is 3.57. The lowest BCUT2D eigenvalue weighted by Crippen LogP contribution is -2.48. The lowest BCUT2D eigenvalue weighted by atomic mass is 10.2. The number of ether oxygens (including phenoxy) is 2. The molecule has 0 spiro atoms. The molecule has 0 aliphatic carbocycles. The Hall–Kier alpha value is -3.66. The zero-order chi connectivity index (χ0) is 29.3. The van der Waals surface area contributed by atoms with E-state index in [2.05, 4.69) is 26.9 Å². The van der Waals surface area contributed by atoms with E-state index < -0.39 is 10.0 Å². The second-order valence-corrected chi connectivity index (χ2v) is 11.7. The first-order valence-corrected chi connectivity index (χ1v) is 15.0. The number of hydrogen-bond acceptors (Lipinski definition) is 10. The highest BCUT2D eigenvalue weighted by Gasteiger charge is 2.30. The van der Waals surface area contributed by atoms with Crippen molar-refractivity contribution in [3.8, 4) is 23.2 Å². The molecule has 15 heteroatoms. The van der Waals surface area contributed by atoms with Gasteiger partial charge in [0.1, 0.15) is 22.8 Å². The van der Waals surface area contributed by atoms with Crippen LogP contribution in [-0.4, -0.2) is 105 Å². The van der Waals surface area contributed by atoms with Gasteiger partial charge in [-0.05, 0) is 19.0 Å². The third-order valence-electron chi connectivity index (χ3n) is 7.30. The number of hydrogen-bond donors (Lipinski definition) is 0. The fraction of sp³-hybridized carbons (Fsp3) is 0.500. The minimum absolute atomic E-state index is 0.00491. The zero-order valence-corrected chi connectivity index (χ0v) is 24.8. The van der Waals surface area contributed by atoms with Gasteiger partial charge in [-0.25, -0.2) is 23.4 Å². The fourth-order valence-corrected chi connectivity index (χ4v) is 6.29. The number of sulfonamides is 1. The Kier molecular flexibility index (Phi) is 8.22. The van der Waals surface area contributed by atoms with Crippen molar-refractivity contribution in [2.45, 2.75) is 25.2 Å². The Labute approximate surface area is 238 Å². The number of fused-ring (bicyclic) bond motifs is 1. The Morgan fingerprint density at radius 1 is 1.05 bits per heavy atom. The van der Waals surface area contributed by atoms with Crippen molar-refractivity contribution in [1.82, 2.24) is 43.1 Å². The van der Waals surface area contributed by atoms with Gasteiger partial charge in [0, 0.05) is 59.8 Å². The number of likely N-dealkylation sites (N-methyl/N-ethyl adjacent to an activating group) is 1. The Balaban J connectivity index is 1.67. The summed E-state index contributed by atoms with van der Waals surface area (Å²) in [5.74, 6) is 0.834. The van der Waals surface area contributed by atoms with Gasteiger partial charge >= 0.3 is 0 Å². The average molecular weight is 586 g/mol. The van der Waals surface area contributed by atoms with E-state index in [0.29, 0.717) is 56.4 Å². The van der Waals surface area contributed by atoms with E-state index in [4.69, 9.17) is 14.5 Å². The van der Waals surface area contributed by atoms with Gasteiger partial charge in [0.2, 0.25) is 21.9 Å². The largest absolute Gasteiger partial charge is 0.475 e. The Morgan fingerprint density at radius 2 is 1.80 bits per heavy atom. The van der Waals surface area contributed by atoms with Crippen LogP contribution < -0.4 is 10.3 Å². The van der Waals surface area contributed by atoms with Crippen molar-refractivity contribution in [1.29, 1.82) is 0 Å². The van der Waals surface area contributed by atoms with Gasteiger partial charge in [0.25, 0.3) is 5.56 Å². The van der Waals surface area contributed by atoms with E-state index in [9.17, 15) is 13.2 Å². The molecule has 1 aliphatic rings. The maximum absolute atomic E-state index is 13.9. The minimum Gasteiger partial charge on any atom is -0.475 e. The van der Waals surface area contributed by atoms with Crippen molar-refractivity contribution in [2.75, 3.05) is 53.0 Å². The third-order valence-corrected chi connectivity index (χ3v) is 9.17. The molecule has 5 heterocycles. The summed E-state index contributed by atoms with van der Waals surface area (Å²) >= 11 is 0. The molecular formula is C26H35N9O5S. The molecule has 0 N–H and O–H groups in total. The second kappa shape index (κ2) is 11.7. The van der Waals surface area contributed by atoms with Crippen molar-refractivity contribution in [3.05, 3.63) is 40.7 Å². The van der Waals surface area contributed by atoms with E-state index in [0.717, 1.165) is 6.54 Å². The highest BCUT2D eigenvalue weighted by atomic mass is 32.2. The van der Waals surface area contributed by atoms with Crippen LogP contribution in [0.4, 0.5) is 0 Å². The van der Waals surface area contributed by atoms with Gasteiger partial charge in [-0.2, -0.15) is 14.1 Å². The standard InChI is InChI=1S/C26H35N9O5S/c1-6-20-21-22(35(30-20)26-27-8-9-31(26)3)25(36)32(4)23(29-21)19-16-18(17-28-24(19)40-15-14-39-5)41(37,38)34-12-10-33(7-2)11-13-34/h8-9,16-17H,6-7,10-15H2,1-5H3. The molecule has 14 nitrogen and oxygen atoms in total. The summed E-state index contributed by atoms with van der Waals surface area (Å²) < 4.78 is 44.4. The molecule has 0 atom stereocenters. The molecule has 1 saturated heterocycles. The van der Waals surface area contributed by atoms with Gasteiger partial charge in [0.05, 0.1) is 24.1 Å². The fourth-order valence-electron chi connectivity index (χ4n) is 4.89. The minimum atomic E-state index is -3.85. The van der Waals surface area contributed by atoms with Crippen LogP contribution in [0.5, 0.6) is 5.88 Å². The van der Waals surface area contributed by atoms with Crippen LogP contribution in [0.1, 0.15) is 19.5 Å². The number of imidazole rings is 1. The number of methoxy groups -OCH3 is 1. The summed E-state index contributed by atoms with van der Waals surface area (Å²) in [5.41, 5.74) is 1.19. The van der Waals surface area contributed by atoms with Crippen LogP contribution in [-0.2, 0) is 35.3 Å². The van der Waals surface area contributed by atoms with Gasteiger partial charge in [-0.3, -0.25) is 9.36 Å². The number of piperazine rings is 1. The zero-order valence-electron chi connectivity index (χ0n) is 23.9. The van der Waals surface area contributed by atoms with Crippen LogP contribution in [0.2, 0.25) is 0 Å². The van der Waals surface area contributed by atoms with Gasteiger partial charge in [-0.15, -0.1) is 0 Å². The SMILES string of the molecule is CCc1nn(-c2nccn2C)c2c(=O)n(C)c(-c3cc(S(=O)(=O)N4CCN(CC)CC4)cnc3OCCOC)nc12. The molecule has 0 saturated carbocycles. The molecule has 4 aromatic rings. The van der Waals surface area contributed by atoms with Crippen LogP contribution in [0.25, 0.3) is 28.4 Å². The number of rotatable bonds is 10.